The van der Waals surface area contributed by atoms with Gasteiger partial charge in [0.1, 0.15) is 0 Å². The topological polar surface area (TPSA) is 257 Å². The maximum atomic E-state index is 11.7. The van der Waals surface area contributed by atoms with Crippen LogP contribution in [0.15, 0.2) is 37.5 Å². The van der Waals surface area contributed by atoms with E-state index < -0.39 is 11.9 Å². The second-order valence-electron chi connectivity index (χ2n) is 19.7. The Morgan fingerprint density at radius 3 is 1.28 bits per heavy atom. The first-order valence-corrected chi connectivity index (χ1v) is 30.9. The van der Waals surface area contributed by atoms with E-state index in [1.54, 1.807) is 23.9 Å². The minimum Gasteiger partial charge on any atom is -0.550 e. The Morgan fingerprint density at radius 1 is 0.554 bits per heavy atom. The van der Waals surface area contributed by atoms with Crippen LogP contribution in [0.25, 0.3) is 0 Å². The Balaban J connectivity index is -0.000000175. The van der Waals surface area contributed by atoms with Crippen LogP contribution in [0.1, 0.15) is 236 Å². The number of ether oxygens (including phenoxy) is 2. The van der Waals surface area contributed by atoms with Crippen LogP contribution in [-0.4, -0.2) is 166 Å². The first kappa shape index (κ1) is 91.3. The summed E-state index contributed by atoms with van der Waals surface area (Å²) in [6.45, 7) is 26.7. The molecule has 0 aromatic rings. The second-order valence-corrected chi connectivity index (χ2v) is 19.7. The Morgan fingerprint density at radius 2 is 0.940 bits per heavy atom. The summed E-state index contributed by atoms with van der Waals surface area (Å²) in [6.07, 6.45) is 29.5. The van der Waals surface area contributed by atoms with Crippen LogP contribution < -0.4 is 15.7 Å². The summed E-state index contributed by atoms with van der Waals surface area (Å²) in [5, 5.41) is 23.6. The zero-order valence-corrected chi connectivity index (χ0v) is 53.9. The molecule has 4 N–H and O–H groups in total. The first-order chi connectivity index (χ1) is 39.2. The third kappa shape index (κ3) is 72.6. The average Bonchev–Trinajstić information content (AvgIpc) is 3.78. The van der Waals surface area contributed by atoms with Gasteiger partial charge >= 0.3 is 17.9 Å². The van der Waals surface area contributed by atoms with Gasteiger partial charge in [0.15, 0.2) is 0 Å². The van der Waals surface area contributed by atoms with Crippen molar-refractivity contribution in [2.24, 2.45) is 0 Å². The number of carbonyl (C=O) groups is 9. The molecule has 0 atom stereocenters. The van der Waals surface area contributed by atoms with Crippen molar-refractivity contribution in [1.82, 2.24) is 24.9 Å². The molecule has 83 heavy (non-hydrogen) atoms. The predicted octanol–water partition coefficient (Wildman–Crippen LogP) is 9.61. The molecular formula is C64H124N6O13. The first-order valence-electron chi connectivity index (χ1n) is 30.9. The van der Waals surface area contributed by atoms with Gasteiger partial charge in [0.2, 0.25) is 17.7 Å². The van der Waals surface area contributed by atoms with Gasteiger partial charge in [0, 0.05) is 103 Å². The molecule has 0 bridgehead atoms. The molecular weight excluding hydrogens is 1060 g/mol. The van der Waals surface area contributed by atoms with Gasteiger partial charge in [-0.3, -0.25) is 38.5 Å². The summed E-state index contributed by atoms with van der Waals surface area (Å²) in [5.41, 5.74) is 0. The van der Waals surface area contributed by atoms with E-state index in [2.05, 4.69) is 65.5 Å². The maximum Gasteiger partial charge on any atom is 0.328 e. The minimum absolute atomic E-state index is 0. The standard InChI is InChI=1S/C18H35NO3.C14H26O4.C13H20N2O3.C8H13NO3.2C4H11N.C2H4.CH4/c1-4-6-7-8-11-14-18(21)22-16-12-9-10-13-17(20)19(3)15-5-2;1-2-3-4-5-8-11-14(17)18-12-9-6-7-10-13(15)16;1-3-9-14(2)11(16)6-4-5-10-15-12(17)7-8-13(15)18;1-3-6-9(2)7(10)4-5-8(11)12;2*1-3-4-5-2;1-2;/h4-16H2,1-3H3;2-12H2,1H3,(H,15,16);7-8H,3-6,9-10H2,1-2H3;4-5H,3,6H2,1-2H3,(H,11,12);2*5H,3-4H2,1-2H3;1-2H2;1H4. The van der Waals surface area contributed by atoms with Gasteiger partial charge in [-0.1, -0.05) is 107 Å². The van der Waals surface area contributed by atoms with Crippen LogP contribution in [0, 0.1) is 0 Å². The third-order valence-electron chi connectivity index (χ3n) is 11.8. The number of hydrogen-bond acceptors (Lipinski definition) is 13. The van der Waals surface area contributed by atoms with E-state index >= 15 is 0 Å². The number of amides is 5. The van der Waals surface area contributed by atoms with Crippen LogP contribution in [0.2, 0.25) is 0 Å². The molecule has 19 nitrogen and oxygen atoms in total. The fourth-order valence-electron chi connectivity index (χ4n) is 7.12. The van der Waals surface area contributed by atoms with Gasteiger partial charge < -0.3 is 49.8 Å². The number of nitrogens with zero attached hydrogens (tertiary/aromatic N) is 4. The molecule has 0 fully saturated rings. The van der Waals surface area contributed by atoms with E-state index in [-0.39, 0.29) is 55.3 Å². The SMILES string of the molecule is C.C=C.CCCCCCCC(=O)OCCCCCC(=O)N(C)CCC.CCCCCCCC(=O)OCCCCCC(=O)[O-].CCCN(C)C(=O)C=CC(=O)O.CCCN(C)C(=O)CCCCN1C(=O)C=CC1=O.CCCNC.CCC[NH2+]C. The molecule has 0 saturated heterocycles. The van der Waals surface area contributed by atoms with Crippen molar-refractivity contribution in [1.29, 1.82) is 0 Å². The molecule has 19 heteroatoms. The Labute approximate surface area is 505 Å². The zero-order chi connectivity index (χ0) is 63.6. The van der Waals surface area contributed by atoms with E-state index in [1.807, 2.05) is 27.9 Å². The number of aliphatic carboxylic acids is 2. The highest BCUT2D eigenvalue weighted by Gasteiger charge is 2.22. The van der Waals surface area contributed by atoms with Gasteiger partial charge in [-0.25, -0.2) is 4.79 Å². The van der Waals surface area contributed by atoms with Crippen LogP contribution in [0.3, 0.4) is 0 Å². The molecule has 1 rings (SSSR count). The van der Waals surface area contributed by atoms with Gasteiger partial charge in [-0.15, -0.1) is 13.2 Å². The number of nitrogens with two attached hydrogens (primary N) is 1. The zero-order valence-electron chi connectivity index (χ0n) is 53.9. The lowest BCUT2D eigenvalue weighted by atomic mass is 10.1. The normalized spacial score (nSPS) is 10.7. The van der Waals surface area contributed by atoms with Crippen molar-refractivity contribution in [3.8, 4) is 0 Å². The number of carboxylic acids is 2. The molecule has 0 saturated carbocycles. The maximum absolute atomic E-state index is 11.7. The van der Waals surface area contributed by atoms with Crippen molar-refractivity contribution < 1.29 is 68.2 Å². The highest BCUT2D eigenvalue weighted by Crippen LogP contribution is 2.10. The fourth-order valence-corrected chi connectivity index (χ4v) is 7.12. The second kappa shape index (κ2) is 72.7. The van der Waals surface area contributed by atoms with E-state index in [4.69, 9.17) is 14.6 Å². The Bertz CT molecular complexity index is 1620. The van der Waals surface area contributed by atoms with E-state index in [9.17, 15) is 48.3 Å². The quantitative estimate of drug-likeness (QED) is 0.0169. The van der Waals surface area contributed by atoms with Gasteiger partial charge in [0.05, 0.1) is 26.8 Å². The molecule has 1 aliphatic rings. The summed E-state index contributed by atoms with van der Waals surface area (Å²) in [7, 11) is 9.34. The van der Waals surface area contributed by atoms with E-state index in [1.165, 1.54) is 79.9 Å². The predicted molar refractivity (Wildman–Crippen MR) is 336 cm³/mol. The summed E-state index contributed by atoms with van der Waals surface area (Å²) < 4.78 is 10.3. The highest BCUT2D eigenvalue weighted by molar-refractivity contribution is 6.12. The monoisotopic (exact) mass is 1180 g/mol. The molecule has 0 aromatic heterocycles. The lowest BCUT2D eigenvalue weighted by molar-refractivity contribution is -0.626. The van der Waals surface area contributed by atoms with E-state index in [0.29, 0.717) is 71.2 Å². The summed E-state index contributed by atoms with van der Waals surface area (Å²) in [6, 6.07) is 0. The van der Waals surface area contributed by atoms with Crippen LogP contribution in [0.4, 0.5) is 0 Å². The van der Waals surface area contributed by atoms with Crippen LogP contribution in [-0.2, 0) is 52.6 Å². The number of esters is 2. The van der Waals surface area contributed by atoms with Gasteiger partial charge in [0.25, 0.3) is 11.8 Å². The lowest BCUT2D eigenvalue weighted by Crippen LogP contribution is -2.79. The van der Waals surface area contributed by atoms with Crippen LogP contribution >= 0.6 is 0 Å². The minimum atomic E-state index is -1.10. The van der Waals surface area contributed by atoms with Crippen molar-refractivity contribution >= 4 is 53.4 Å². The summed E-state index contributed by atoms with van der Waals surface area (Å²) in [4.78, 5) is 106. The average molecular weight is 1190 g/mol. The molecule has 1 aliphatic heterocycles. The largest absolute Gasteiger partial charge is 0.550 e. The number of carboxylic acid groups (broad SMARTS) is 2. The number of carbonyl (C=O) groups excluding carboxylic acids is 8. The Kier molecular flexibility index (Phi) is 80.0. The molecule has 0 aromatic carbocycles. The molecule has 0 spiro atoms. The number of unbranched alkanes of at least 4 members (excludes halogenated alkanes) is 13. The smallest absolute Gasteiger partial charge is 0.328 e. The molecule has 488 valence electrons. The summed E-state index contributed by atoms with van der Waals surface area (Å²) in [5.74, 6) is -2.78. The van der Waals surface area contributed by atoms with Crippen molar-refractivity contribution in [2.75, 3.05) is 87.7 Å². The fraction of sp³-hybridized carbons (Fsp3) is 0.766. The number of rotatable bonds is 41. The molecule has 1 heterocycles. The lowest BCUT2D eigenvalue weighted by Gasteiger charge is -2.16. The molecule has 0 aliphatic carbocycles. The van der Waals surface area contributed by atoms with Crippen LogP contribution in [0.5, 0.6) is 0 Å². The van der Waals surface area contributed by atoms with Gasteiger partial charge in [-0.05, 0) is 116 Å². The number of imide groups is 1. The molecule has 0 unspecified atom stereocenters. The molecule has 5 amide bonds. The van der Waals surface area contributed by atoms with Gasteiger partial charge in [-0.2, -0.15) is 0 Å². The van der Waals surface area contributed by atoms with Crippen molar-refractivity contribution in [2.45, 2.75) is 236 Å². The highest BCUT2D eigenvalue weighted by atomic mass is 16.5. The summed E-state index contributed by atoms with van der Waals surface area (Å²) >= 11 is 0. The van der Waals surface area contributed by atoms with Crippen molar-refractivity contribution in [3.63, 3.8) is 0 Å². The number of likely N-dealkylation sites (N-methyl/N-ethyl adjacent to an activating group) is 1. The number of hydrogen-bond donors (Lipinski definition) is 3. The number of quaternary nitrogens is 1. The molecule has 0 radical (unpaired) electrons. The number of nitrogens with one attached hydrogen (secondary N) is 1. The Hall–Kier alpha value is -5.43. The van der Waals surface area contributed by atoms with Crippen molar-refractivity contribution in [3.05, 3.63) is 37.5 Å². The van der Waals surface area contributed by atoms with E-state index in [0.717, 1.165) is 109 Å². The third-order valence-corrected chi connectivity index (χ3v) is 11.8.